The Hall–Kier alpha value is -2.02. The van der Waals surface area contributed by atoms with E-state index in [9.17, 15) is 8.78 Å². The predicted octanol–water partition coefficient (Wildman–Crippen LogP) is 4.78. The summed E-state index contributed by atoms with van der Waals surface area (Å²) in [6.45, 7) is 5.69. The Morgan fingerprint density at radius 3 is 2.43 bits per heavy atom. The molecule has 1 saturated carbocycles. The quantitative estimate of drug-likeness (QED) is 0.709. The van der Waals surface area contributed by atoms with Crippen molar-refractivity contribution in [1.82, 2.24) is 15.0 Å². The van der Waals surface area contributed by atoms with Gasteiger partial charge in [-0.15, -0.1) is 0 Å². The molecule has 5 nitrogen and oxygen atoms in total. The molecule has 0 spiro atoms. The fourth-order valence-electron chi connectivity index (χ4n) is 4.02. The zero-order valence-electron chi connectivity index (χ0n) is 16.5. The van der Waals surface area contributed by atoms with Crippen LogP contribution in [0.1, 0.15) is 75.1 Å². The highest BCUT2D eigenvalue weighted by Gasteiger charge is 2.31. The summed E-state index contributed by atoms with van der Waals surface area (Å²) in [6, 6.07) is 2.91. The van der Waals surface area contributed by atoms with E-state index in [1.54, 1.807) is 0 Å². The number of likely N-dealkylation sites (tertiary alicyclic amines) is 1. The molecular weight excluding hydrogens is 364 g/mol. The summed E-state index contributed by atoms with van der Waals surface area (Å²) in [7, 11) is 0. The van der Waals surface area contributed by atoms with Crippen LogP contribution in [0.4, 0.5) is 8.78 Å². The zero-order valence-corrected chi connectivity index (χ0v) is 16.5. The second kappa shape index (κ2) is 8.15. The molecular formula is C21H27F2N3O2. The Bertz CT molecular complexity index is 789. The molecule has 7 heteroatoms. The molecule has 0 radical (unpaired) electrons. The lowest BCUT2D eigenvalue weighted by Gasteiger charge is -2.38. The molecule has 0 bridgehead atoms. The van der Waals surface area contributed by atoms with Gasteiger partial charge in [0.25, 0.3) is 0 Å². The molecule has 2 aromatic rings. The highest BCUT2D eigenvalue weighted by molar-refractivity contribution is 5.33. The summed E-state index contributed by atoms with van der Waals surface area (Å²) in [5.74, 6) is 0.234. The summed E-state index contributed by atoms with van der Waals surface area (Å²) in [5, 5.41) is 3.96. The number of halogens is 2. The molecule has 1 saturated heterocycles. The smallest absolute Gasteiger partial charge is 0.229 e. The summed E-state index contributed by atoms with van der Waals surface area (Å²) in [4.78, 5) is 6.40. The van der Waals surface area contributed by atoms with Gasteiger partial charge in [0.1, 0.15) is 6.10 Å². The Labute approximate surface area is 164 Å². The molecule has 2 fully saturated rings. The third-order valence-electron chi connectivity index (χ3n) is 5.65. The minimum absolute atomic E-state index is 0.191. The van der Waals surface area contributed by atoms with Crippen molar-refractivity contribution in [1.29, 1.82) is 0 Å². The first-order valence-electron chi connectivity index (χ1n) is 10.2. The summed E-state index contributed by atoms with van der Waals surface area (Å²) >= 11 is 0. The maximum absolute atomic E-state index is 14.5. The predicted molar refractivity (Wildman–Crippen MR) is 100 cm³/mol. The Morgan fingerprint density at radius 2 is 1.82 bits per heavy atom. The van der Waals surface area contributed by atoms with E-state index in [1.165, 1.54) is 18.6 Å². The Morgan fingerprint density at radius 1 is 1.14 bits per heavy atom. The standard InChI is InChI=1S/C21H27F2N3O2/c1-13(2)21-24-19(25-28-21)12-26-10-16(11-26)27-20-17(22)8-15(9-18(20)23)14-6-4-3-5-7-14/h8-9,13-14,16H,3-7,10-12H2,1-2H3. The number of hydrogen-bond acceptors (Lipinski definition) is 5. The molecule has 0 unspecified atom stereocenters. The number of rotatable bonds is 6. The van der Waals surface area contributed by atoms with Crippen LogP contribution in [0, 0.1) is 11.6 Å². The fraction of sp³-hybridized carbons (Fsp3) is 0.619. The van der Waals surface area contributed by atoms with Crippen molar-refractivity contribution in [2.45, 2.75) is 70.4 Å². The van der Waals surface area contributed by atoms with Crippen molar-refractivity contribution in [2.75, 3.05) is 13.1 Å². The van der Waals surface area contributed by atoms with Crippen LogP contribution >= 0.6 is 0 Å². The van der Waals surface area contributed by atoms with E-state index in [-0.39, 0.29) is 23.7 Å². The summed E-state index contributed by atoms with van der Waals surface area (Å²) in [6.07, 6.45) is 5.24. The van der Waals surface area contributed by atoms with E-state index in [2.05, 4.69) is 15.0 Å². The lowest BCUT2D eigenvalue weighted by Crippen LogP contribution is -2.53. The van der Waals surface area contributed by atoms with E-state index < -0.39 is 11.6 Å². The van der Waals surface area contributed by atoms with Gasteiger partial charge in [0, 0.05) is 19.0 Å². The molecule has 28 heavy (non-hydrogen) atoms. The molecule has 0 atom stereocenters. The van der Waals surface area contributed by atoms with Crippen molar-refractivity contribution in [2.24, 2.45) is 0 Å². The van der Waals surface area contributed by atoms with Gasteiger partial charge in [0.05, 0.1) is 6.54 Å². The number of aromatic nitrogens is 2. The lowest BCUT2D eigenvalue weighted by molar-refractivity contribution is 0.00801. The van der Waals surface area contributed by atoms with Gasteiger partial charge < -0.3 is 9.26 Å². The van der Waals surface area contributed by atoms with Crippen LogP contribution in [-0.4, -0.2) is 34.2 Å². The first-order valence-corrected chi connectivity index (χ1v) is 10.2. The second-order valence-corrected chi connectivity index (χ2v) is 8.29. The maximum atomic E-state index is 14.5. The number of hydrogen-bond donors (Lipinski definition) is 0. The van der Waals surface area contributed by atoms with Gasteiger partial charge in [-0.3, -0.25) is 4.90 Å². The van der Waals surface area contributed by atoms with Crippen molar-refractivity contribution >= 4 is 0 Å². The average molecular weight is 391 g/mol. The lowest BCUT2D eigenvalue weighted by atomic mass is 9.84. The number of nitrogens with zero attached hydrogens (tertiary/aromatic N) is 3. The van der Waals surface area contributed by atoms with Crippen LogP contribution < -0.4 is 4.74 Å². The molecule has 2 aliphatic rings. The van der Waals surface area contributed by atoms with Crippen LogP contribution in [0.5, 0.6) is 5.75 Å². The van der Waals surface area contributed by atoms with E-state index in [4.69, 9.17) is 9.26 Å². The topological polar surface area (TPSA) is 51.4 Å². The van der Waals surface area contributed by atoms with Crippen LogP contribution in [-0.2, 0) is 6.54 Å². The molecule has 1 aliphatic heterocycles. The molecule has 1 aromatic carbocycles. The van der Waals surface area contributed by atoms with E-state index in [1.807, 2.05) is 13.8 Å². The van der Waals surface area contributed by atoms with Crippen LogP contribution in [0.3, 0.4) is 0 Å². The normalized spacial score (nSPS) is 19.2. The first kappa shape index (κ1) is 19.3. The van der Waals surface area contributed by atoms with Crippen LogP contribution in [0.15, 0.2) is 16.7 Å². The van der Waals surface area contributed by atoms with Crippen molar-refractivity contribution < 1.29 is 18.0 Å². The van der Waals surface area contributed by atoms with Crippen molar-refractivity contribution in [3.05, 3.63) is 41.0 Å². The van der Waals surface area contributed by atoms with Crippen LogP contribution in [0.2, 0.25) is 0 Å². The highest BCUT2D eigenvalue weighted by atomic mass is 19.1. The zero-order chi connectivity index (χ0) is 19.7. The minimum atomic E-state index is -0.598. The number of ether oxygens (including phenoxy) is 1. The summed E-state index contributed by atoms with van der Waals surface area (Å²) < 4.78 is 39.8. The minimum Gasteiger partial charge on any atom is -0.482 e. The van der Waals surface area contributed by atoms with Gasteiger partial charge >= 0.3 is 0 Å². The van der Waals surface area contributed by atoms with E-state index >= 15 is 0 Å². The third-order valence-corrected chi connectivity index (χ3v) is 5.65. The van der Waals surface area contributed by atoms with Gasteiger partial charge in [0.15, 0.2) is 23.2 Å². The SMILES string of the molecule is CC(C)c1nc(CN2CC(Oc3c(F)cc(C4CCCCC4)cc3F)C2)no1. The first-order chi connectivity index (χ1) is 13.5. The number of benzene rings is 1. The molecule has 1 aromatic heterocycles. The molecule has 2 heterocycles. The molecule has 0 N–H and O–H groups in total. The Balaban J connectivity index is 1.32. The van der Waals surface area contributed by atoms with Crippen molar-refractivity contribution in [3.8, 4) is 5.75 Å². The second-order valence-electron chi connectivity index (χ2n) is 8.29. The highest BCUT2D eigenvalue weighted by Crippen LogP contribution is 2.36. The monoisotopic (exact) mass is 391 g/mol. The molecule has 4 rings (SSSR count). The molecule has 1 aliphatic carbocycles. The summed E-state index contributed by atoms with van der Waals surface area (Å²) in [5.41, 5.74) is 0.760. The fourth-order valence-corrected chi connectivity index (χ4v) is 4.02. The molecule has 152 valence electrons. The van der Waals surface area contributed by atoms with Gasteiger partial charge in [-0.25, -0.2) is 8.78 Å². The van der Waals surface area contributed by atoms with Gasteiger partial charge in [-0.2, -0.15) is 4.98 Å². The van der Waals surface area contributed by atoms with Gasteiger partial charge in [-0.05, 0) is 36.5 Å². The maximum Gasteiger partial charge on any atom is 0.229 e. The van der Waals surface area contributed by atoms with E-state index in [0.29, 0.717) is 31.3 Å². The van der Waals surface area contributed by atoms with Crippen molar-refractivity contribution in [3.63, 3.8) is 0 Å². The van der Waals surface area contributed by atoms with E-state index in [0.717, 1.165) is 31.2 Å². The van der Waals surface area contributed by atoms with Gasteiger partial charge in [-0.1, -0.05) is 38.3 Å². The average Bonchev–Trinajstić information content (AvgIpc) is 3.12. The van der Waals surface area contributed by atoms with Gasteiger partial charge in [0.2, 0.25) is 5.89 Å². The Kier molecular flexibility index (Phi) is 5.62. The molecule has 0 amide bonds. The van der Waals surface area contributed by atoms with Crippen LogP contribution in [0.25, 0.3) is 0 Å². The largest absolute Gasteiger partial charge is 0.482 e. The third kappa shape index (κ3) is 4.19.